The molecule has 0 radical (unpaired) electrons. The molecule has 3 aromatic rings. The number of nitrogens with zero attached hydrogens (tertiary/aromatic N) is 2. The SMILES string of the molecule is CSc1nc(-c2ccc(Cl)cc2)cn1-c1ccc(C)cc1. The Morgan fingerprint density at radius 3 is 2.29 bits per heavy atom. The van der Waals surface area contributed by atoms with Crippen molar-refractivity contribution in [3.05, 3.63) is 65.3 Å². The van der Waals surface area contributed by atoms with Gasteiger partial charge in [-0.25, -0.2) is 4.98 Å². The van der Waals surface area contributed by atoms with E-state index in [4.69, 9.17) is 16.6 Å². The number of halogens is 1. The van der Waals surface area contributed by atoms with Crippen molar-refractivity contribution in [3.8, 4) is 16.9 Å². The highest BCUT2D eigenvalue weighted by Gasteiger charge is 2.10. The lowest BCUT2D eigenvalue weighted by Gasteiger charge is -2.05. The van der Waals surface area contributed by atoms with Crippen molar-refractivity contribution in [3.63, 3.8) is 0 Å². The molecule has 0 unspecified atom stereocenters. The molecule has 0 N–H and O–H groups in total. The molecule has 0 aliphatic rings. The van der Waals surface area contributed by atoms with Crippen molar-refractivity contribution >= 4 is 23.4 Å². The van der Waals surface area contributed by atoms with Gasteiger partial charge in [0, 0.05) is 22.5 Å². The van der Waals surface area contributed by atoms with Gasteiger partial charge in [-0.15, -0.1) is 0 Å². The van der Waals surface area contributed by atoms with Crippen LogP contribution in [0, 0.1) is 6.92 Å². The molecular formula is C17H15ClN2S. The van der Waals surface area contributed by atoms with Gasteiger partial charge in [0.25, 0.3) is 0 Å². The molecule has 0 aliphatic heterocycles. The molecule has 0 spiro atoms. The molecule has 3 rings (SSSR count). The first-order chi connectivity index (χ1) is 10.2. The fraction of sp³-hybridized carbons (Fsp3) is 0.118. The lowest BCUT2D eigenvalue weighted by molar-refractivity contribution is 0.897. The van der Waals surface area contributed by atoms with Gasteiger partial charge in [0.1, 0.15) is 0 Å². The molecule has 0 atom stereocenters. The summed E-state index contributed by atoms with van der Waals surface area (Å²) >= 11 is 7.58. The van der Waals surface area contributed by atoms with E-state index in [0.717, 1.165) is 27.1 Å². The lowest BCUT2D eigenvalue weighted by Crippen LogP contribution is -1.93. The highest BCUT2D eigenvalue weighted by atomic mass is 35.5. The molecule has 0 saturated heterocycles. The molecule has 4 heteroatoms. The number of rotatable bonds is 3. The lowest BCUT2D eigenvalue weighted by atomic mass is 10.2. The Kier molecular flexibility index (Phi) is 4.04. The van der Waals surface area contributed by atoms with Crippen molar-refractivity contribution in [1.29, 1.82) is 0 Å². The van der Waals surface area contributed by atoms with E-state index in [-0.39, 0.29) is 0 Å². The van der Waals surface area contributed by atoms with Gasteiger partial charge in [0.05, 0.1) is 5.69 Å². The van der Waals surface area contributed by atoms with Crippen LogP contribution in [0.15, 0.2) is 59.9 Å². The summed E-state index contributed by atoms with van der Waals surface area (Å²) in [6, 6.07) is 16.2. The van der Waals surface area contributed by atoms with Gasteiger partial charge < -0.3 is 0 Å². The Bertz CT molecular complexity index is 745. The minimum atomic E-state index is 0.738. The first-order valence-corrected chi connectivity index (χ1v) is 8.24. The zero-order valence-electron chi connectivity index (χ0n) is 11.9. The van der Waals surface area contributed by atoms with Gasteiger partial charge in [-0.05, 0) is 37.4 Å². The predicted molar refractivity (Wildman–Crippen MR) is 90.5 cm³/mol. The second kappa shape index (κ2) is 5.96. The summed E-state index contributed by atoms with van der Waals surface area (Å²) < 4.78 is 2.12. The van der Waals surface area contributed by atoms with Gasteiger partial charge in [0.15, 0.2) is 5.16 Å². The summed E-state index contributed by atoms with van der Waals surface area (Å²) in [5.41, 5.74) is 4.40. The van der Waals surface area contributed by atoms with E-state index in [1.54, 1.807) is 11.8 Å². The number of aromatic nitrogens is 2. The highest BCUT2D eigenvalue weighted by Crippen LogP contribution is 2.27. The quantitative estimate of drug-likeness (QED) is 0.617. The van der Waals surface area contributed by atoms with Gasteiger partial charge in [-0.3, -0.25) is 4.57 Å². The Hall–Kier alpha value is -1.71. The van der Waals surface area contributed by atoms with Crippen LogP contribution in [0.2, 0.25) is 5.02 Å². The third-order valence-corrected chi connectivity index (χ3v) is 4.21. The molecule has 0 bridgehead atoms. The first-order valence-electron chi connectivity index (χ1n) is 6.64. The van der Waals surface area contributed by atoms with Crippen LogP contribution >= 0.6 is 23.4 Å². The zero-order valence-corrected chi connectivity index (χ0v) is 13.4. The van der Waals surface area contributed by atoms with Crippen LogP contribution in [-0.4, -0.2) is 15.8 Å². The maximum atomic E-state index is 5.94. The molecule has 106 valence electrons. The van der Waals surface area contributed by atoms with Gasteiger partial charge in [0.2, 0.25) is 0 Å². The Labute approximate surface area is 133 Å². The van der Waals surface area contributed by atoms with E-state index in [1.807, 2.05) is 30.5 Å². The minimum absolute atomic E-state index is 0.738. The first kappa shape index (κ1) is 14.2. The molecule has 21 heavy (non-hydrogen) atoms. The third kappa shape index (κ3) is 2.99. The summed E-state index contributed by atoms with van der Waals surface area (Å²) in [4.78, 5) is 4.71. The molecule has 0 amide bonds. The zero-order chi connectivity index (χ0) is 14.8. The van der Waals surface area contributed by atoms with Crippen LogP contribution in [-0.2, 0) is 0 Å². The number of hydrogen-bond donors (Lipinski definition) is 0. The Morgan fingerprint density at radius 2 is 1.67 bits per heavy atom. The Morgan fingerprint density at radius 1 is 1.00 bits per heavy atom. The average Bonchev–Trinajstić information content (AvgIpc) is 2.93. The van der Waals surface area contributed by atoms with E-state index in [1.165, 1.54) is 5.56 Å². The molecular weight excluding hydrogens is 300 g/mol. The van der Waals surface area contributed by atoms with Crippen molar-refractivity contribution < 1.29 is 0 Å². The molecule has 0 aliphatic carbocycles. The van der Waals surface area contributed by atoms with Crippen molar-refractivity contribution in [2.75, 3.05) is 6.26 Å². The maximum absolute atomic E-state index is 5.94. The number of thioether (sulfide) groups is 1. The number of imidazole rings is 1. The van der Waals surface area contributed by atoms with Crippen LogP contribution in [0.25, 0.3) is 16.9 Å². The van der Waals surface area contributed by atoms with Crippen LogP contribution in [0.5, 0.6) is 0 Å². The molecule has 1 heterocycles. The monoisotopic (exact) mass is 314 g/mol. The number of benzene rings is 2. The molecule has 1 aromatic heterocycles. The summed E-state index contributed by atoms with van der Waals surface area (Å²) in [5.74, 6) is 0. The van der Waals surface area contributed by atoms with E-state index in [9.17, 15) is 0 Å². The van der Waals surface area contributed by atoms with Crippen molar-refractivity contribution in [2.45, 2.75) is 12.1 Å². The van der Waals surface area contributed by atoms with E-state index in [0.29, 0.717) is 0 Å². The Balaban J connectivity index is 2.05. The predicted octanol–water partition coefficient (Wildman–Crippen LogP) is 5.22. The summed E-state index contributed by atoms with van der Waals surface area (Å²) in [7, 11) is 0. The van der Waals surface area contributed by atoms with Gasteiger partial charge in [-0.1, -0.05) is 53.2 Å². The number of aryl methyl sites for hydroxylation is 1. The number of hydrogen-bond acceptors (Lipinski definition) is 2. The normalized spacial score (nSPS) is 10.8. The molecule has 0 fully saturated rings. The highest BCUT2D eigenvalue weighted by molar-refractivity contribution is 7.98. The standard InChI is InChI=1S/C17H15ClN2S/c1-12-3-9-15(10-4-12)20-11-16(19-17(20)21-2)13-5-7-14(18)8-6-13/h3-11H,1-2H3. The van der Waals surface area contributed by atoms with Crippen LogP contribution < -0.4 is 0 Å². The minimum Gasteiger partial charge on any atom is -0.294 e. The van der Waals surface area contributed by atoms with Crippen molar-refractivity contribution in [1.82, 2.24) is 9.55 Å². The summed E-state index contributed by atoms with van der Waals surface area (Å²) in [6.45, 7) is 2.09. The smallest absolute Gasteiger partial charge is 0.172 e. The third-order valence-electron chi connectivity index (χ3n) is 3.31. The van der Waals surface area contributed by atoms with Crippen molar-refractivity contribution in [2.24, 2.45) is 0 Å². The molecule has 0 saturated carbocycles. The van der Waals surface area contributed by atoms with Crippen LogP contribution in [0.3, 0.4) is 0 Å². The van der Waals surface area contributed by atoms with Crippen LogP contribution in [0.1, 0.15) is 5.56 Å². The van der Waals surface area contributed by atoms with Crippen LogP contribution in [0.4, 0.5) is 0 Å². The van der Waals surface area contributed by atoms with Gasteiger partial charge >= 0.3 is 0 Å². The summed E-state index contributed by atoms with van der Waals surface area (Å²) in [5, 5.41) is 1.71. The van der Waals surface area contributed by atoms with E-state index >= 15 is 0 Å². The fourth-order valence-electron chi connectivity index (χ4n) is 2.16. The van der Waals surface area contributed by atoms with Gasteiger partial charge in [-0.2, -0.15) is 0 Å². The summed E-state index contributed by atoms with van der Waals surface area (Å²) in [6.07, 6.45) is 4.11. The maximum Gasteiger partial charge on any atom is 0.172 e. The average molecular weight is 315 g/mol. The topological polar surface area (TPSA) is 17.8 Å². The van der Waals surface area contributed by atoms with E-state index in [2.05, 4.69) is 42.0 Å². The molecule has 2 aromatic carbocycles. The van der Waals surface area contributed by atoms with E-state index < -0.39 is 0 Å². The fourth-order valence-corrected chi connectivity index (χ4v) is 2.83. The molecule has 2 nitrogen and oxygen atoms in total. The second-order valence-electron chi connectivity index (χ2n) is 4.83. The largest absolute Gasteiger partial charge is 0.294 e. The second-order valence-corrected chi connectivity index (χ2v) is 6.04.